The number of esters is 1. The lowest BCUT2D eigenvalue weighted by atomic mass is 10.1. The summed E-state index contributed by atoms with van der Waals surface area (Å²) < 4.78 is 15.7. The van der Waals surface area contributed by atoms with E-state index >= 15 is 0 Å². The molecular formula is C20H18ClNO4S. The first-order valence-corrected chi connectivity index (χ1v) is 9.41. The molecule has 27 heavy (non-hydrogen) atoms. The lowest BCUT2D eigenvalue weighted by Gasteiger charge is -2.08. The topological polar surface area (TPSA) is 57.7 Å². The van der Waals surface area contributed by atoms with E-state index in [4.69, 9.17) is 25.8 Å². The van der Waals surface area contributed by atoms with Gasteiger partial charge in [-0.25, -0.2) is 4.98 Å². The average molecular weight is 404 g/mol. The molecule has 140 valence electrons. The molecule has 0 aliphatic rings. The van der Waals surface area contributed by atoms with Gasteiger partial charge in [-0.15, -0.1) is 11.3 Å². The number of carbonyl (C=O) groups is 1. The monoisotopic (exact) mass is 403 g/mol. The Morgan fingerprint density at radius 1 is 1.11 bits per heavy atom. The lowest BCUT2D eigenvalue weighted by molar-refractivity contribution is -0.144. The highest BCUT2D eigenvalue weighted by molar-refractivity contribution is 7.13. The summed E-state index contributed by atoms with van der Waals surface area (Å²) in [6.07, 6.45) is 0.0825. The normalized spacial score (nSPS) is 10.5. The van der Waals surface area contributed by atoms with Crippen molar-refractivity contribution >= 4 is 28.9 Å². The van der Waals surface area contributed by atoms with Gasteiger partial charge in [-0.05, 0) is 42.5 Å². The molecule has 0 radical (unpaired) electrons. The maximum atomic E-state index is 12.2. The molecule has 3 aromatic rings. The van der Waals surface area contributed by atoms with Gasteiger partial charge in [0.25, 0.3) is 0 Å². The van der Waals surface area contributed by atoms with Gasteiger partial charge in [0.15, 0.2) is 0 Å². The molecule has 2 aromatic carbocycles. The Bertz CT molecular complexity index is 924. The SMILES string of the molecule is COc1ccc(-c2nc(COC(=O)Cc3cc(Cl)ccc3OC)cs2)cc1. The molecule has 0 fully saturated rings. The molecule has 0 spiro atoms. The molecule has 0 aliphatic heterocycles. The van der Waals surface area contributed by atoms with Gasteiger partial charge >= 0.3 is 5.97 Å². The molecule has 1 aromatic heterocycles. The lowest BCUT2D eigenvalue weighted by Crippen LogP contribution is -2.09. The second kappa shape index (κ2) is 8.88. The zero-order valence-corrected chi connectivity index (χ0v) is 16.5. The van der Waals surface area contributed by atoms with E-state index in [9.17, 15) is 4.79 Å². The number of hydrogen-bond acceptors (Lipinski definition) is 6. The summed E-state index contributed by atoms with van der Waals surface area (Å²) >= 11 is 7.49. The molecular weight excluding hydrogens is 386 g/mol. The van der Waals surface area contributed by atoms with Gasteiger partial charge in [0.2, 0.25) is 0 Å². The van der Waals surface area contributed by atoms with E-state index in [1.54, 1.807) is 32.4 Å². The Morgan fingerprint density at radius 3 is 2.59 bits per heavy atom. The molecule has 0 bridgehead atoms. The Morgan fingerprint density at radius 2 is 1.89 bits per heavy atom. The van der Waals surface area contributed by atoms with Gasteiger partial charge in [-0.2, -0.15) is 0 Å². The van der Waals surface area contributed by atoms with E-state index in [2.05, 4.69) is 4.98 Å². The van der Waals surface area contributed by atoms with Crippen molar-refractivity contribution in [1.82, 2.24) is 4.98 Å². The van der Waals surface area contributed by atoms with Crippen LogP contribution in [0.25, 0.3) is 10.6 Å². The third-order valence-electron chi connectivity index (χ3n) is 3.85. The summed E-state index contributed by atoms with van der Waals surface area (Å²) in [7, 11) is 3.18. The fourth-order valence-corrected chi connectivity index (χ4v) is 3.49. The van der Waals surface area contributed by atoms with Crippen LogP contribution in [-0.2, 0) is 22.6 Å². The van der Waals surface area contributed by atoms with Gasteiger partial charge in [-0.1, -0.05) is 11.6 Å². The number of methoxy groups -OCH3 is 2. The number of hydrogen-bond donors (Lipinski definition) is 0. The van der Waals surface area contributed by atoms with Crippen LogP contribution in [0.3, 0.4) is 0 Å². The highest BCUT2D eigenvalue weighted by Crippen LogP contribution is 2.26. The molecule has 0 unspecified atom stereocenters. The quantitative estimate of drug-likeness (QED) is 0.532. The molecule has 3 rings (SSSR count). The van der Waals surface area contributed by atoms with Crippen LogP contribution in [0.4, 0.5) is 0 Å². The summed E-state index contributed by atoms with van der Waals surface area (Å²) in [6.45, 7) is 0.119. The maximum absolute atomic E-state index is 12.2. The third kappa shape index (κ3) is 4.99. The van der Waals surface area contributed by atoms with Crippen LogP contribution in [0.5, 0.6) is 11.5 Å². The van der Waals surface area contributed by atoms with Crippen LogP contribution in [0.1, 0.15) is 11.3 Å². The maximum Gasteiger partial charge on any atom is 0.310 e. The third-order valence-corrected chi connectivity index (χ3v) is 5.02. The van der Waals surface area contributed by atoms with E-state index in [0.29, 0.717) is 22.0 Å². The molecule has 0 atom stereocenters. The smallest absolute Gasteiger partial charge is 0.310 e. The van der Waals surface area contributed by atoms with Crippen molar-refractivity contribution in [2.45, 2.75) is 13.0 Å². The average Bonchev–Trinajstić information content (AvgIpc) is 3.16. The van der Waals surface area contributed by atoms with Crippen molar-refractivity contribution in [1.29, 1.82) is 0 Å². The largest absolute Gasteiger partial charge is 0.497 e. The van der Waals surface area contributed by atoms with Crippen molar-refractivity contribution in [3.05, 3.63) is 64.1 Å². The highest BCUT2D eigenvalue weighted by Gasteiger charge is 2.12. The number of carbonyl (C=O) groups excluding carboxylic acids is 1. The van der Waals surface area contributed by atoms with Crippen LogP contribution in [0, 0.1) is 0 Å². The zero-order valence-electron chi connectivity index (χ0n) is 14.9. The highest BCUT2D eigenvalue weighted by atomic mass is 35.5. The van der Waals surface area contributed by atoms with Crippen LogP contribution >= 0.6 is 22.9 Å². The number of aromatic nitrogens is 1. The summed E-state index contributed by atoms with van der Waals surface area (Å²) in [5.41, 5.74) is 2.38. The minimum absolute atomic E-state index is 0.0825. The zero-order chi connectivity index (χ0) is 19.2. The molecule has 0 saturated carbocycles. The molecule has 0 saturated heterocycles. The second-order valence-corrected chi connectivity index (χ2v) is 6.96. The number of thiazole rings is 1. The summed E-state index contributed by atoms with van der Waals surface area (Å²) in [5.74, 6) is 1.03. The standard InChI is InChI=1S/C20H18ClNO4S/c1-24-17-6-3-13(4-7-17)20-22-16(12-27-20)11-26-19(23)10-14-9-15(21)5-8-18(14)25-2/h3-9,12H,10-11H2,1-2H3. The fraction of sp³-hybridized carbons (Fsp3) is 0.200. The first-order valence-electron chi connectivity index (χ1n) is 8.16. The summed E-state index contributed by atoms with van der Waals surface area (Å²) in [6, 6.07) is 12.8. The Balaban J connectivity index is 1.59. The van der Waals surface area contributed by atoms with Crippen LogP contribution in [0.2, 0.25) is 5.02 Å². The molecule has 0 aliphatic carbocycles. The van der Waals surface area contributed by atoms with Crippen molar-refractivity contribution < 1.29 is 19.0 Å². The van der Waals surface area contributed by atoms with Gasteiger partial charge in [0.05, 0.1) is 26.3 Å². The molecule has 0 amide bonds. The van der Waals surface area contributed by atoms with Gasteiger partial charge in [-0.3, -0.25) is 4.79 Å². The summed E-state index contributed by atoms with van der Waals surface area (Å²) in [4.78, 5) is 16.7. The van der Waals surface area contributed by atoms with E-state index in [0.717, 1.165) is 16.3 Å². The fourth-order valence-electron chi connectivity index (χ4n) is 2.49. The molecule has 0 N–H and O–H groups in total. The van der Waals surface area contributed by atoms with E-state index in [1.165, 1.54) is 11.3 Å². The van der Waals surface area contributed by atoms with Crippen molar-refractivity contribution in [2.24, 2.45) is 0 Å². The van der Waals surface area contributed by atoms with Crippen molar-refractivity contribution in [3.8, 4) is 22.1 Å². The van der Waals surface area contributed by atoms with E-state index in [1.807, 2.05) is 29.6 Å². The minimum atomic E-state index is -0.366. The first-order chi connectivity index (χ1) is 13.1. The van der Waals surface area contributed by atoms with Gasteiger partial charge in [0.1, 0.15) is 23.1 Å². The van der Waals surface area contributed by atoms with Crippen LogP contribution < -0.4 is 9.47 Å². The van der Waals surface area contributed by atoms with Crippen LogP contribution in [-0.4, -0.2) is 25.2 Å². The predicted molar refractivity (Wildman–Crippen MR) is 106 cm³/mol. The van der Waals surface area contributed by atoms with Crippen molar-refractivity contribution in [3.63, 3.8) is 0 Å². The Kier molecular flexibility index (Phi) is 6.32. The number of nitrogens with zero attached hydrogens (tertiary/aromatic N) is 1. The first kappa shape index (κ1) is 19.2. The van der Waals surface area contributed by atoms with E-state index in [-0.39, 0.29) is 19.0 Å². The minimum Gasteiger partial charge on any atom is -0.497 e. The molecule has 5 nitrogen and oxygen atoms in total. The van der Waals surface area contributed by atoms with E-state index < -0.39 is 0 Å². The Labute approximate surface area is 166 Å². The summed E-state index contributed by atoms with van der Waals surface area (Å²) in [5, 5.41) is 3.29. The molecule has 1 heterocycles. The molecule has 7 heteroatoms. The number of ether oxygens (including phenoxy) is 3. The number of rotatable bonds is 7. The second-order valence-electron chi connectivity index (χ2n) is 5.67. The van der Waals surface area contributed by atoms with Crippen molar-refractivity contribution in [2.75, 3.05) is 14.2 Å². The Hall–Kier alpha value is -2.57. The predicted octanol–water partition coefficient (Wildman–Crippen LogP) is 4.77. The number of benzene rings is 2. The van der Waals surface area contributed by atoms with Crippen LogP contribution in [0.15, 0.2) is 47.8 Å². The van der Waals surface area contributed by atoms with Gasteiger partial charge in [0, 0.05) is 21.5 Å². The number of halogens is 1. The van der Waals surface area contributed by atoms with Gasteiger partial charge < -0.3 is 14.2 Å².